The highest BCUT2D eigenvalue weighted by Crippen LogP contribution is 2.53. The third-order valence-electron chi connectivity index (χ3n) is 5.43. The standard InChI is InChI=1S/C18H26ClNO/c1-2-21-17-12-16(18(17)10-6-3-7-11-18)20-13-14-8-4-5-9-15(14)19/h4-5,8-9,16-17,20H,2-3,6-7,10-13H2,1H3. The van der Waals surface area contributed by atoms with Crippen LogP contribution in [0.15, 0.2) is 24.3 Å². The minimum Gasteiger partial charge on any atom is -0.378 e. The zero-order chi connectivity index (χ0) is 14.7. The molecule has 21 heavy (non-hydrogen) atoms. The Kier molecular flexibility index (Phi) is 4.88. The van der Waals surface area contributed by atoms with Gasteiger partial charge in [0, 0.05) is 29.6 Å². The van der Waals surface area contributed by atoms with Gasteiger partial charge in [-0.1, -0.05) is 49.1 Å². The van der Waals surface area contributed by atoms with E-state index in [0.717, 1.165) is 24.6 Å². The second-order valence-electron chi connectivity index (χ2n) is 6.50. The predicted molar refractivity (Wildman–Crippen MR) is 87.6 cm³/mol. The fourth-order valence-electron chi connectivity index (χ4n) is 4.22. The summed E-state index contributed by atoms with van der Waals surface area (Å²) in [5.41, 5.74) is 1.58. The lowest BCUT2D eigenvalue weighted by atomic mass is 9.55. The van der Waals surface area contributed by atoms with Crippen LogP contribution in [0.2, 0.25) is 5.02 Å². The molecule has 2 saturated carbocycles. The molecule has 3 heteroatoms. The molecule has 3 rings (SSSR count). The van der Waals surface area contributed by atoms with Crippen molar-refractivity contribution in [1.82, 2.24) is 5.32 Å². The largest absolute Gasteiger partial charge is 0.378 e. The van der Waals surface area contributed by atoms with Gasteiger partial charge in [-0.15, -0.1) is 0 Å². The Balaban J connectivity index is 1.64. The summed E-state index contributed by atoms with van der Waals surface area (Å²) in [5.74, 6) is 0. The number of rotatable bonds is 5. The van der Waals surface area contributed by atoms with Crippen LogP contribution in [0.25, 0.3) is 0 Å². The summed E-state index contributed by atoms with van der Waals surface area (Å²) in [4.78, 5) is 0. The highest BCUT2D eigenvalue weighted by molar-refractivity contribution is 6.31. The van der Waals surface area contributed by atoms with Crippen molar-refractivity contribution in [1.29, 1.82) is 0 Å². The number of ether oxygens (including phenoxy) is 1. The van der Waals surface area contributed by atoms with E-state index in [1.807, 2.05) is 12.1 Å². The van der Waals surface area contributed by atoms with Gasteiger partial charge in [-0.05, 0) is 37.8 Å². The van der Waals surface area contributed by atoms with E-state index >= 15 is 0 Å². The van der Waals surface area contributed by atoms with Crippen LogP contribution in [-0.2, 0) is 11.3 Å². The van der Waals surface area contributed by atoms with Gasteiger partial charge in [0.2, 0.25) is 0 Å². The van der Waals surface area contributed by atoms with Crippen LogP contribution < -0.4 is 5.32 Å². The first-order chi connectivity index (χ1) is 10.3. The Morgan fingerprint density at radius 3 is 2.71 bits per heavy atom. The van der Waals surface area contributed by atoms with Crippen molar-refractivity contribution in [3.05, 3.63) is 34.9 Å². The molecule has 0 heterocycles. The van der Waals surface area contributed by atoms with E-state index in [1.165, 1.54) is 37.7 Å². The number of hydrogen-bond donors (Lipinski definition) is 1. The molecule has 1 aromatic rings. The van der Waals surface area contributed by atoms with E-state index < -0.39 is 0 Å². The van der Waals surface area contributed by atoms with Crippen LogP contribution in [0, 0.1) is 5.41 Å². The van der Waals surface area contributed by atoms with Crippen LogP contribution in [0.3, 0.4) is 0 Å². The normalized spacial score (nSPS) is 27.5. The van der Waals surface area contributed by atoms with Crippen LogP contribution in [0.5, 0.6) is 0 Å². The maximum absolute atomic E-state index is 6.26. The molecule has 116 valence electrons. The van der Waals surface area contributed by atoms with E-state index in [1.54, 1.807) is 0 Å². The van der Waals surface area contributed by atoms with Gasteiger partial charge >= 0.3 is 0 Å². The fraction of sp³-hybridized carbons (Fsp3) is 0.667. The molecule has 2 aliphatic rings. The summed E-state index contributed by atoms with van der Waals surface area (Å²) in [6.07, 6.45) is 8.35. The Labute approximate surface area is 133 Å². The molecular formula is C18H26ClNO. The lowest BCUT2D eigenvalue weighted by molar-refractivity contribution is -0.150. The SMILES string of the molecule is CCOC1CC(NCc2ccccc2Cl)C12CCCCC2. The molecule has 0 bridgehead atoms. The molecule has 0 aromatic heterocycles. The summed E-state index contributed by atoms with van der Waals surface area (Å²) >= 11 is 6.26. The number of hydrogen-bond acceptors (Lipinski definition) is 2. The molecule has 1 spiro atoms. The van der Waals surface area contributed by atoms with E-state index in [2.05, 4.69) is 24.4 Å². The van der Waals surface area contributed by atoms with Crippen molar-refractivity contribution in [3.63, 3.8) is 0 Å². The van der Waals surface area contributed by atoms with Crippen LogP contribution in [0.4, 0.5) is 0 Å². The minimum absolute atomic E-state index is 0.384. The van der Waals surface area contributed by atoms with Crippen molar-refractivity contribution in [2.45, 2.75) is 64.1 Å². The Hall–Kier alpha value is -0.570. The van der Waals surface area contributed by atoms with Gasteiger partial charge < -0.3 is 10.1 Å². The van der Waals surface area contributed by atoms with Crippen molar-refractivity contribution in [2.24, 2.45) is 5.41 Å². The quantitative estimate of drug-likeness (QED) is 0.861. The smallest absolute Gasteiger partial charge is 0.0661 e. The molecule has 2 aliphatic carbocycles. The molecule has 2 unspecified atom stereocenters. The first kappa shape index (κ1) is 15.3. The van der Waals surface area contributed by atoms with Gasteiger partial charge in [0.05, 0.1) is 6.10 Å². The first-order valence-electron chi connectivity index (χ1n) is 8.34. The van der Waals surface area contributed by atoms with Gasteiger partial charge in [-0.2, -0.15) is 0 Å². The van der Waals surface area contributed by atoms with E-state index in [4.69, 9.17) is 16.3 Å². The predicted octanol–water partition coefficient (Wildman–Crippen LogP) is 4.56. The summed E-state index contributed by atoms with van der Waals surface area (Å²) < 4.78 is 6.01. The van der Waals surface area contributed by atoms with Gasteiger partial charge in [0.15, 0.2) is 0 Å². The summed E-state index contributed by atoms with van der Waals surface area (Å²) in [7, 11) is 0. The van der Waals surface area contributed by atoms with E-state index in [0.29, 0.717) is 17.6 Å². The molecule has 2 atom stereocenters. The Morgan fingerprint density at radius 1 is 1.24 bits per heavy atom. The lowest BCUT2D eigenvalue weighted by Crippen LogP contribution is -2.64. The maximum atomic E-state index is 6.26. The van der Waals surface area contributed by atoms with Crippen molar-refractivity contribution >= 4 is 11.6 Å². The molecule has 0 amide bonds. The number of halogens is 1. The van der Waals surface area contributed by atoms with Crippen molar-refractivity contribution < 1.29 is 4.74 Å². The number of nitrogens with one attached hydrogen (secondary N) is 1. The molecule has 0 radical (unpaired) electrons. The van der Waals surface area contributed by atoms with Gasteiger partial charge in [0.1, 0.15) is 0 Å². The maximum Gasteiger partial charge on any atom is 0.0661 e. The van der Waals surface area contributed by atoms with Gasteiger partial charge in [-0.25, -0.2) is 0 Å². The molecular weight excluding hydrogens is 282 g/mol. The highest BCUT2D eigenvalue weighted by atomic mass is 35.5. The molecule has 1 N–H and O–H groups in total. The zero-order valence-corrected chi connectivity index (χ0v) is 13.7. The molecule has 0 aliphatic heterocycles. The van der Waals surface area contributed by atoms with Gasteiger partial charge in [-0.3, -0.25) is 0 Å². The lowest BCUT2D eigenvalue weighted by Gasteiger charge is -2.58. The van der Waals surface area contributed by atoms with Crippen LogP contribution >= 0.6 is 11.6 Å². The molecule has 1 aromatic carbocycles. The summed E-state index contributed by atoms with van der Waals surface area (Å²) in [6.45, 7) is 3.82. The molecule has 2 nitrogen and oxygen atoms in total. The van der Waals surface area contributed by atoms with Crippen molar-refractivity contribution in [2.75, 3.05) is 6.61 Å². The third-order valence-corrected chi connectivity index (χ3v) is 5.80. The summed E-state index contributed by atoms with van der Waals surface area (Å²) in [6, 6.07) is 8.72. The molecule has 0 saturated heterocycles. The second kappa shape index (κ2) is 6.68. The minimum atomic E-state index is 0.384. The van der Waals surface area contributed by atoms with Crippen molar-refractivity contribution in [3.8, 4) is 0 Å². The zero-order valence-electron chi connectivity index (χ0n) is 12.9. The number of benzene rings is 1. The highest BCUT2D eigenvalue weighted by Gasteiger charge is 2.55. The first-order valence-corrected chi connectivity index (χ1v) is 8.72. The Morgan fingerprint density at radius 2 is 2.00 bits per heavy atom. The van der Waals surface area contributed by atoms with E-state index in [9.17, 15) is 0 Å². The average molecular weight is 308 g/mol. The molecule has 2 fully saturated rings. The summed E-state index contributed by atoms with van der Waals surface area (Å²) in [5, 5.41) is 4.62. The fourth-order valence-corrected chi connectivity index (χ4v) is 4.43. The average Bonchev–Trinajstić information content (AvgIpc) is 2.52. The van der Waals surface area contributed by atoms with Crippen LogP contribution in [0.1, 0.15) is 51.0 Å². The van der Waals surface area contributed by atoms with E-state index in [-0.39, 0.29) is 0 Å². The van der Waals surface area contributed by atoms with Gasteiger partial charge in [0.25, 0.3) is 0 Å². The third kappa shape index (κ3) is 2.99. The Bertz CT molecular complexity index is 470. The second-order valence-corrected chi connectivity index (χ2v) is 6.91. The monoisotopic (exact) mass is 307 g/mol. The topological polar surface area (TPSA) is 21.3 Å². The van der Waals surface area contributed by atoms with Crippen LogP contribution in [-0.4, -0.2) is 18.8 Å².